The Balaban J connectivity index is 1.81. The van der Waals surface area contributed by atoms with Gasteiger partial charge < -0.3 is 0 Å². The molecular weight excluding hydrogens is 368 g/mol. The average Bonchev–Trinajstić information content (AvgIpc) is 3.24. The predicted octanol–water partition coefficient (Wildman–Crippen LogP) is 6.87. The van der Waals surface area contributed by atoms with Crippen LogP contribution < -0.4 is 0 Å². The first-order valence-electron chi connectivity index (χ1n) is 9.57. The molecule has 0 aromatic carbocycles. The van der Waals surface area contributed by atoms with Crippen molar-refractivity contribution in [2.45, 2.75) is 87.8 Å². The predicted molar refractivity (Wildman–Crippen MR) is 109 cm³/mol. The van der Waals surface area contributed by atoms with E-state index in [1.807, 2.05) is 0 Å². The molecule has 0 spiro atoms. The van der Waals surface area contributed by atoms with Crippen molar-refractivity contribution >= 4 is 32.5 Å². The van der Waals surface area contributed by atoms with Gasteiger partial charge in [-0.1, -0.05) is 52.4 Å². The van der Waals surface area contributed by atoms with Crippen molar-refractivity contribution in [2.24, 2.45) is 0 Å². The molecule has 2 aromatic heterocycles. The number of unbranched alkanes of at least 4 members (excludes halogenated alkanes) is 6. The van der Waals surface area contributed by atoms with Gasteiger partial charge in [0.15, 0.2) is 0 Å². The Labute approximate surface area is 160 Å². The molecule has 0 bridgehead atoms. The molecule has 1 aliphatic heterocycles. The zero-order valence-corrected chi connectivity index (χ0v) is 17.7. The van der Waals surface area contributed by atoms with Crippen LogP contribution in [0.5, 0.6) is 0 Å². The number of sulfone groups is 1. The van der Waals surface area contributed by atoms with Crippen LogP contribution in [-0.2, 0) is 22.7 Å². The summed E-state index contributed by atoms with van der Waals surface area (Å²) in [6.45, 7) is 4.40. The normalized spacial score (nSPS) is 14.6. The minimum Gasteiger partial charge on any atom is -0.218 e. The number of aryl methyl sites for hydroxylation is 2. The largest absolute Gasteiger partial charge is 0.218 e. The van der Waals surface area contributed by atoms with Gasteiger partial charge in [0.2, 0.25) is 9.84 Å². The van der Waals surface area contributed by atoms with Gasteiger partial charge in [-0.25, -0.2) is 8.42 Å². The third-order valence-corrected chi connectivity index (χ3v) is 9.46. The lowest BCUT2D eigenvalue weighted by Crippen LogP contribution is -2.02. The molecular formula is C20H28O2S3. The molecule has 0 aliphatic carbocycles. The summed E-state index contributed by atoms with van der Waals surface area (Å²) in [7, 11) is -3.30. The third kappa shape index (κ3) is 3.74. The van der Waals surface area contributed by atoms with Crippen molar-refractivity contribution in [3.05, 3.63) is 21.9 Å². The third-order valence-electron chi connectivity index (χ3n) is 4.98. The van der Waals surface area contributed by atoms with Gasteiger partial charge >= 0.3 is 0 Å². The highest BCUT2D eigenvalue weighted by Crippen LogP contribution is 2.53. The van der Waals surface area contributed by atoms with Gasteiger partial charge in [-0.2, -0.15) is 0 Å². The first kappa shape index (κ1) is 19.1. The first-order valence-corrected chi connectivity index (χ1v) is 12.8. The highest BCUT2D eigenvalue weighted by molar-refractivity contribution is 7.92. The zero-order valence-electron chi connectivity index (χ0n) is 15.3. The van der Waals surface area contributed by atoms with Crippen LogP contribution in [0.2, 0.25) is 0 Å². The molecule has 3 heterocycles. The van der Waals surface area contributed by atoms with E-state index in [0.29, 0.717) is 9.79 Å². The van der Waals surface area contributed by atoms with E-state index in [1.54, 1.807) is 22.7 Å². The topological polar surface area (TPSA) is 34.1 Å². The van der Waals surface area contributed by atoms with Crippen LogP contribution in [0, 0.1) is 0 Å². The maximum atomic E-state index is 13.2. The summed E-state index contributed by atoms with van der Waals surface area (Å²) in [5.74, 6) is 0. The molecule has 3 rings (SSSR count). The lowest BCUT2D eigenvalue weighted by atomic mass is 10.1. The average molecular weight is 397 g/mol. The fourth-order valence-corrected chi connectivity index (χ4v) is 8.91. The Kier molecular flexibility index (Phi) is 6.39. The molecule has 1 aliphatic rings. The molecule has 0 radical (unpaired) electrons. The summed E-state index contributed by atoms with van der Waals surface area (Å²) in [5.41, 5.74) is 2.10. The molecule has 0 N–H and O–H groups in total. The SMILES string of the molecule is CCCCCCc1csc2c1S(=O)(=O)c1c(CCCCCC)csc1-2. The Morgan fingerprint density at radius 1 is 0.720 bits per heavy atom. The number of thiophene rings is 2. The molecule has 0 saturated carbocycles. The van der Waals surface area contributed by atoms with Gasteiger partial charge in [0.1, 0.15) is 0 Å². The van der Waals surface area contributed by atoms with Crippen molar-refractivity contribution in [1.82, 2.24) is 0 Å². The van der Waals surface area contributed by atoms with Crippen LogP contribution in [0.3, 0.4) is 0 Å². The standard InChI is InChI=1S/C20H28O2S3/c1-3-5-7-9-11-15-13-23-17-18-20(25(21,22)19(15)17)16(14-24-18)12-10-8-6-4-2/h13-14H,3-12H2,1-2H3. The van der Waals surface area contributed by atoms with E-state index in [-0.39, 0.29) is 0 Å². The summed E-state index contributed by atoms with van der Waals surface area (Å²) in [6, 6.07) is 0. The lowest BCUT2D eigenvalue weighted by molar-refractivity contribution is 0.595. The minimum absolute atomic E-state index is 0.644. The Morgan fingerprint density at radius 3 is 1.56 bits per heavy atom. The van der Waals surface area contributed by atoms with Crippen molar-refractivity contribution in [3.8, 4) is 9.75 Å². The van der Waals surface area contributed by atoms with E-state index in [0.717, 1.165) is 46.6 Å². The summed E-state index contributed by atoms with van der Waals surface area (Å²) in [6.07, 6.45) is 11.2. The van der Waals surface area contributed by atoms with Crippen molar-refractivity contribution in [2.75, 3.05) is 0 Å². The summed E-state index contributed by atoms with van der Waals surface area (Å²) >= 11 is 3.25. The molecule has 2 aromatic rings. The monoisotopic (exact) mass is 396 g/mol. The molecule has 0 saturated heterocycles. The van der Waals surface area contributed by atoms with E-state index < -0.39 is 9.84 Å². The quantitative estimate of drug-likeness (QED) is 0.350. The van der Waals surface area contributed by atoms with Crippen LogP contribution in [0.25, 0.3) is 9.75 Å². The second-order valence-corrected chi connectivity index (χ2v) is 10.5. The molecule has 5 heteroatoms. The Bertz CT molecular complexity index is 750. The smallest absolute Gasteiger partial charge is 0.210 e. The minimum atomic E-state index is -3.30. The lowest BCUT2D eigenvalue weighted by Gasteiger charge is -2.05. The second kappa shape index (κ2) is 8.36. The highest BCUT2D eigenvalue weighted by atomic mass is 32.2. The van der Waals surface area contributed by atoms with E-state index in [4.69, 9.17) is 0 Å². The molecule has 0 amide bonds. The highest BCUT2D eigenvalue weighted by Gasteiger charge is 2.39. The summed E-state index contributed by atoms with van der Waals surface area (Å²) < 4.78 is 26.5. The van der Waals surface area contributed by atoms with Crippen molar-refractivity contribution < 1.29 is 8.42 Å². The number of hydrogen-bond acceptors (Lipinski definition) is 4. The van der Waals surface area contributed by atoms with E-state index in [9.17, 15) is 8.42 Å². The van der Waals surface area contributed by atoms with E-state index >= 15 is 0 Å². The number of hydrogen-bond donors (Lipinski definition) is 0. The van der Waals surface area contributed by atoms with E-state index in [1.165, 1.54) is 38.5 Å². The van der Waals surface area contributed by atoms with Crippen LogP contribution in [0.4, 0.5) is 0 Å². The molecule has 25 heavy (non-hydrogen) atoms. The van der Waals surface area contributed by atoms with Crippen LogP contribution in [0.15, 0.2) is 20.6 Å². The van der Waals surface area contributed by atoms with Crippen molar-refractivity contribution in [1.29, 1.82) is 0 Å². The van der Waals surface area contributed by atoms with Crippen LogP contribution >= 0.6 is 22.7 Å². The van der Waals surface area contributed by atoms with Crippen molar-refractivity contribution in [3.63, 3.8) is 0 Å². The van der Waals surface area contributed by atoms with E-state index in [2.05, 4.69) is 24.6 Å². The van der Waals surface area contributed by atoms with Crippen LogP contribution in [0.1, 0.15) is 76.3 Å². The van der Waals surface area contributed by atoms with Gasteiger partial charge in [-0.15, -0.1) is 22.7 Å². The fourth-order valence-electron chi connectivity index (χ4n) is 3.60. The fraction of sp³-hybridized carbons (Fsp3) is 0.600. The number of rotatable bonds is 10. The Hall–Kier alpha value is -0.650. The first-order chi connectivity index (χ1) is 12.1. The van der Waals surface area contributed by atoms with Gasteiger partial charge in [0, 0.05) is 0 Å². The Morgan fingerprint density at radius 2 is 1.16 bits per heavy atom. The second-order valence-electron chi connectivity index (χ2n) is 6.96. The summed E-state index contributed by atoms with van der Waals surface area (Å²) in [5, 5.41) is 4.16. The zero-order chi connectivity index (χ0) is 17.9. The molecule has 0 unspecified atom stereocenters. The maximum absolute atomic E-state index is 13.2. The molecule has 2 nitrogen and oxygen atoms in total. The summed E-state index contributed by atoms with van der Waals surface area (Å²) in [4.78, 5) is 3.30. The van der Waals surface area contributed by atoms with Gasteiger partial charge in [-0.05, 0) is 47.6 Å². The van der Waals surface area contributed by atoms with Gasteiger partial charge in [0.05, 0.1) is 19.5 Å². The van der Waals surface area contributed by atoms with Crippen LogP contribution in [-0.4, -0.2) is 8.42 Å². The molecule has 0 fully saturated rings. The number of fused-ring (bicyclic) bond motifs is 3. The maximum Gasteiger partial charge on any atom is 0.210 e. The molecule has 0 atom stereocenters. The molecule has 138 valence electrons. The van der Waals surface area contributed by atoms with Gasteiger partial charge in [0.25, 0.3) is 0 Å². The van der Waals surface area contributed by atoms with Gasteiger partial charge in [-0.3, -0.25) is 0 Å².